The molecule has 0 saturated carbocycles. The lowest BCUT2D eigenvalue weighted by molar-refractivity contribution is -0.136. The van der Waals surface area contributed by atoms with Gasteiger partial charge in [0.25, 0.3) is 0 Å². The second kappa shape index (κ2) is 6.93. The fourth-order valence-corrected chi connectivity index (χ4v) is 3.42. The van der Waals surface area contributed by atoms with Crippen molar-refractivity contribution in [3.8, 4) is 0 Å². The molecule has 1 saturated heterocycles. The van der Waals surface area contributed by atoms with E-state index in [9.17, 15) is 4.79 Å². The SMILES string of the molecule is CC(CCl)C(=O)N1CCN(Cc2ccc(Cl)s2)CC1. The van der Waals surface area contributed by atoms with Gasteiger partial charge in [0.2, 0.25) is 5.91 Å². The molecule has 1 atom stereocenters. The highest BCUT2D eigenvalue weighted by atomic mass is 35.5. The van der Waals surface area contributed by atoms with Crippen molar-refractivity contribution in [2.75, 3.05) is 32.1 Å². The largest absolute Gasteiger partial charge is 0.340 e. The van der Waals surface area contributed by atoms with Crippen LogP contribution in [0.15, 0.2) is 12.1 Å². The van der Waals surface area contributed by atoms with Crippen molar-refractivity contribution in [1.29, 1.82) is 0 Å². The van der Waals surface area contributed by atoms with Crippen molar-refractivity contribution >= 4 is 40.4 Å². The van der Waals surface area contributed by atoms with Gasteiger partial charge in [-0.25, -0.2) is 0 Å². The Labute approximate surface area is 128 Å². The molecule has 1 aromatic heterocycles. The third-order valence-electron chi connectivity index (χ3n) is 3.35. The van der Waals surface area contributed by atoms with Gasteiger partial charge in [-0.05, 0) is 12.1 Å². The normalized spacial score (nSPS) is 18.6. The summed E-state index contributed by atoms with van der Waals surface area (Å²) in [6.45, 7) is 6.21. The zero-order chi connectivity index (χ0) is 13.8. The van der Waals surface area contributed by atoms with E-state index < -0.39 is 0 Å². The van der Waals surface area contributed by atoms with E-state index in [-0.39, 0.29) is 11.8 Å². The number of alkyl halides is 1. The van der Waals surface area contributed by atoms with Crippen molar-refractivity contribution in [2.24, 2.45) is 5.92 Å². The van der Waals surface area contributed by atoms with Crippen LogP contribution in [0.25, 0.3) is 0 Å². The molecule has 2 rings (SSSR count). The Balaban J connectivity index is 1.81. The molecule has 3 nitrogen and oxygen atoms in total. The molecule has 0 N–H and O–H groups in total. The number of hydrogen-bond donors (Lipinski definition) is 0. The van der Waals surface area contributed by atoms with E-state index in [1.165, 1.54) is 4.88 Å². The molecule has 0 aromatic carbocycles. The fourth-order valence-electron chi connectivity index (χ4n) is 2.16. The average molecular weight is 321 g/mol. The number of piperazine rings is 1. The molecule has 2 heterocycles. The minimum Gasteiger partial charge on any atom is -0.340 e. The minimum absolute atomic E-state index is 0.0793. The summed E-state index contributed by atoms with van der Waals surface area (Å²) in [6, 6.07) is 4.00. The smallest absolute Gasteiger partial charge is 0.226 e. The molecule has 1 unspecified atom stereocenters. The molecule has 1 amide bonds. The highest BCUT2D eigenvalue weighted by Crippen LogP contribution is 2.23. The Hall–Kier alpha value is -0.290. The van der Waals surface area contributed by atoms with Gasteiger partial charge in [-0.1, -0.05) is 18.5 Å². The van der Waals surface area contributed by atoms with Crippen LogP contribution >= 0.6 is 34.5 Å². The molecule has 1 aliphatic rings. The van der Waals surface area contributed by atoms with E-state index in [0.717, 1.165) is 37.1 Å². The van der Waals surface area contributed by atoms with Crippen LogP contribution in [-0.4, -0.2) is 47.8 Å². The average Bonchev–Trinajstić information content (AvgIpc) is 2.83. The molecule has 1 fully saturated rings. The van der Waals surface area contributed by atoms with E-state index in [1.807, 2.05) is 17.9 Å². The highest BCUT2D eigenvalue weighted by molar-refractivity contribution is 7.16. The Kier molecular flexibility index (Phi) is 5.51. The molecule has 0 aliphatic carbocycles. The van der Waals surface area contributed by atoms with Crippen molar-refractivity contribution in [3.05, 3.63) is 21.3 Å². The first kappa shape index (κ1) is 15.1. The van der Waals surface area contributed by atoms with E-state index in [2.05, 4.69) is 11.0 Å². The molecule has 0 bridgehead atoms. The van der Waals surface area contributed by atoms with E-state index in [0.29, 0.717) is 5.88 Å². The minimum atomic E-state index is -0.0793. The molecule has 1 aromatic rings. The zero-order valence-electron chi connectivity index (χ0n) is 10.9. The molecule has 106 valence electrons. The lowest BCUT2D eigenvalue weighted by atomic mass is 10.1. The first-order valence-corrected chi connectivity index (χ1v) is 8.14. The standard InChI is InChI=1S/C13H18Cl2N2OS/c1-10(8-14)13(18)17-6-4-16(5-7-17)9-11-2-3-12(15)19-11/h2-3,10H,4-9H2,1H3. The van der Waals surface area contributed by atoms with E-state index >= 15 is 0 Å². The van der Waals surface area contributed by atoms with Crippen molar-refractivity contribution in [1.82, 2.24) is 9.80 Å². The predicted molar refractivity (Wildman–Crippen MR) is 81.1 cm³/mol. The lowest BCUT2D eigenvalue weighted by Gasteiger charge is -2.35. The summed E-state index contributed by atoms with van der Waals surface area (Å²) >= 11 is 13.3. The van der Waals surface area contributed by atoms with Crippen LogP contribution in [0.5, 0.6) is 0 Å². The fraction of sp³-hybridized carbons (Fsp3) is 0.615. The first-order chi connectivity index (χ1) is 9.10. The number of amides is 1. The molecule has 1 aliphatic heterocycles. The maximum atomic E-state index is 12.0. The Morgan fingerprint density at radius 1 is 1.37 bits per heavy atom. The van der Waals surface area contributed by atoms with E-state index in [4.69, 9.17) is 23.2 Å². The number of halogens is 2. The Morgan fingerprint density at radius 3 is 2.58 bits per heavy atom. The summed E-state index contributed by atoms with van der Waals surface area (Å²) in [5, 5.41) is 0. The van der Waals surface area contributed by atoms with Crippen LogP contribution < -0.4 is 0 Å². The molecular weight excluding hydrogens is 303 g/mol. The van der Waals surface area contributed by atoms with Gasteiger partial charge in [0.15, 0.2) is 0 Å². The molecule has 19 heavy (non-hydrogen) atoms. The van der Waals surface area contributed by atoms with Gasteiger partial charge in [0, 0.05) is 49.4 Å². The summed E-state index contributed by atoms with van der Waals surface area (Å²) < 4.78 is 0.833. The van der Waals surface area contributed by atoms with Crippen LogP contribution in [0.2, 0.25) is 4.34 Å². The van der Waals surface area contributed by atoms with Gasteiger partial charge in [-0.2, -0.15) is 0 Å². The monoisotopic (exact) mass is 320 g/mol. The summed E-state index contributed by atoms with van der Waals surface area (Å²) in [4.78, 5) is 17.6. The topological polar surface area (TPSA) is 23.6 Å². The van der Waals surface area contributed by atoms with Gasteiger partial charge in [0.05, 0.1) is 4.34 Å². The number of carbonyl (C=O) groups is 1. The Bertz CT molecular complexity index is 430. The number of carbonyl (C=O) groups excluding carboxylic acids is 1. The highest BCUT2D eigenvalue weighted by Gasteiger charge is 2.24. The summed E-state index contributed by atoms with van der Waals surface area (Å²) in [5.74, 6) is 0.491. The van der Waals surface area contributed by atoms with Crippen LogP contribution in [0.4, 0.5) is 0 Å². The maximum absolute atomic E-state index is 12.0. The maximum Gasteiger partial charge on any atom is 0.226 e. The first-order valence-electron chi connectivity index (χ1n) is 6.41. The van der Waals surface area contributed by atoms with Gasteiger partial charge in [-0.15, -0.1) is 22.9 Å². The molecular formula is C13H18Cl2N2OS. The van der Waals surface area contributed by atoms with Gasteiger partial charge in [-0.3, -0.25) is 9.69 Å². The molecule has 0 radical (unpaired) electrons. The van der Waals surface area contributed by atoms with Crippen LogP contribution in [0.1, 0.15) is 11.8 Å². The molecule has 6 heteroatoms. The summed E-state index contributed by atoms with van der Waals surface area (Å²) in [7, 11) is 0. The van der Waals surface area contributed by atoms with Crippen LogP contribution in [-0.2, 0) is 11.3 Å². The third kappa shape index (κ3) is 4.09. The Morgan fingerprint density at radius 2 is 2.05 bits per heavy atom. The number of hydrogen-bond acceptors (Lipinski definition) is 3. The van der Waals surface area contributed by atoms with Gasteiger partial charge >= 0.3 is 0 Å². The lowest BCUT2D eigenvalue weighted by Crippen LogP contribution is -2.49. The quantitative estimate of drug-likeness (QED) is 0.796. The number of rotatable bonds is 4. The zero-order valence-corrected chi connectivity index (χ0v) is 13.3. The summed E-state index contributed by atoms with van der Waals surface area (Å²) in [5.41, 5.74) is 0. The van der Waals surface area contributed by atoms with Crippen LogP contribution in [0, 0.1) is 5.92 Å². The second-order valence-electron chi connectivity index (χ2n) is 4.86. The number of thiophene rings is 1. The van der Waals surface area contributed by atoms with Crippen molar-refractivity contribution < 1.29 is 4.79 Å². The van der Waals surface area contributed by atoms with Gasteiger partial charge in [0.1, 0.15) is 0 Å². The predicted octanol–water partition coefficient (Wildman–Crippen LogP) is 2.92. The second-order valence-corrected chi connectivity index (χ2v) is 6.97. The van der Waals surface area contributed by atoms with E-state index in [1.54, 1.807) is 11.3 Å². The van der Waals surface area contributed by atoms with Crippen LogP contribution in [0.3, 0.4) is 0 Å². The summed E-state index contributed by atoms with van der Waals surface area (Å²) in [6.07, 6.45) is 0. The third-order valence-corrected chi connectivity index (χ3v) is 5.02. The van der Waals surface area contributed by atoms with Crippen molar-refractivity contribution in [2.45, 2.75) is 13.5 Å². The number of nitrogens with zero attached hydrogens (tertiary/aromatic N) is 2. The molecule has 0 spiro atoms. The van der Waals surface area contributed by atoms with Gasteiger partial charge < -0.3 is 4.90 Å². The van der Waals surface area contributed by atoms with Crippen molar-refractivity contribution in [3.63, 3.8) is 0 Å².